The van der Waals surface area contributed by atoms with Crippen molar-refractivity contribution in [3.05, 3.63) is 72.0 Å². The van der Waals surface area contributed by atoms with Crippen LogP contribution in [0.15, 0.2) is 59.1 Å². The Hall–Kier alpha value is -3.19. The monoisotopic (exact) mass is 381 g/mol. The number of nitrogens with zero attached hydrogens (tertiary/aromatic N) is 2. The summed E-state index contributed by atoms with van der Waals surface area (Å²) in [6, 6.07) is 13.7. The van der Waals surface area contributed by atoms with Crippen LogP contribution >= 0.6 is 0 Å². The highest BCUT2D eigenvalue weighted by atomic mass is 19.1. The molecule has 3 aromatic rings. The summed E-state index contributed by atoms with van der Waals surface area (Å²) in [5.41, 5.74) is 1.86. The Bertz CT molecular complexity index is 950. The quantitative estimate of drug-likeness (QED) is 0.732. The van der Waals surface area contributed by atoms with Gasteiger partial charge in [-0.05, 0) is 36.4 Å². The van der Waals surface area contributed by atoms with E-state index in [1.54, 1.807) is 35.2 Å². The Kier molecular flexibility index (Phi) is 5.34. The average Bonchev–Trinajstić information content (AvgIpc) is 3.22. The third-order valence-electron chi connectivity index (χ3n) is 4.57. The minimum absolute atomic E-state index is 0.0112. The first-order valence-electron chi connectivity index (χ1n) is 9.11. The van der Waals surface area contributed by atoms with Crippen LogP contribution in [0.3, 0.4) is 0 Å². The number of anilines is 1. The molecule has 0 aliphatic carbocycles. The molecule has 0 unspecified atom stereocenters. The molecule has 1 aliphatic heterocycles. The van der Waals surface area contributed by atoms with Crippen LogP contribution in [0.1, 0.15) is 16.2 Å². The van der Waals surface area contributed by atoms with E-state index in [2.05, 4.69) is 10.3 Å². The predicted molar refractivity (Wildman–Crippen MR) is 102 cm³/mol. The molecule has 1 aliphatic rings. The van der Waals surface area contributed by atoms with Crippen molar-refractivity contribution in [2.24, 2.45) is 0 Å². The number of rotatable bonds is 5. The van der Waals surface area contributed by atoms with E-state index in [4.69, 9.17) is 9.15 Å². The van der Waals surface area contributed by atoms with Gasteiger partial charge in [0.15, 0.2) is 5.76 Å². The fraction of sp³-hybridized carbons (Fsp3) is 0.238. The molecule has 1 saturated heterocycles. The Morgan fingerprint density at radius 2 is 1.86 bits per heavy atom. The van der Waals surface area contributed by atoms with Crippen molar-refractivity contribution in [3.8, 4) is 11.3 Å². The number of aromatic nitrogens is 1. The van der Waals surface area contributed by atoms with E-state index in [0.717, 1.165) is 5.69 Å². The van der Waals surface area contributed by atoms with Crippen LogP contribution < -0.4 is 5.32 Å². The lowest BCUT2D eigenvalue weighted by atomic mass is 10.1. The Balaban J connectivity index is 1.36. The zero-order chi connectivity index (χ0) is 19.3. The van der Waals surface area contributed by atoms with E-state index in [-0.39, 0.29) is 11.7 Å². The number of carbonyl (C=O) groups excluding carboxylic acids is 1. The van der Waals surface area contributed by atoms with Gasteiger partial charge in [0, 0.05) is 24.3 Å². The third kappa shape index (κ3) is 4.04. The van der Waals surface area contributed by atoms with Gasteiger partial charge in [0.25, 0.3) is 5.91 Å². The lowest BCUT2D eigenvalue weighted by Gasteiger charge is -2.26. The molecule has 144 valence electrons. The van der Waals surface area contributed by atoms with Gasteiger partial charge in [-0.25, -0.2) is 9.37 Å². The Labute approximate surface area is 161 Å². The highest BCUT2D eigenvalue weighted by Crippen LogP contribution is 2.23. The summed E-state index contributed by atoms with van der Waals surface area (Å²) in [5.74, 6) is 0.504. The molecule has 0 atom stereocenters. The van der Waals surface area contributed by atoms with Crippen molar-refractivity contribution in [1.29, 1.82) is 0 Å². The number of benzene rings is 2. The predicted octanol–water partition coefficient (Wildman–Crippen LogP) is 3.57. The lowest BCUT2D eigenvalue weighted by Crippen LogP contribution is -2.40. The van der Waals surface area contributed by atoms with Crippen LogP contribution in [0.5, 0.6) is 0 Å². The summed E-state index contributed by atoms with van der Waals surface area (Å²) in [5, 5.41) is 3.19. The maximum absolute atomic E-state index is 13.8. The maximum atomic E-state index is 13.8. The summed E-state index contributed by atoms with van der Waals surface area (Å²) in [6.45, 7) is 2.75. The summed E-state index contributed by atoms with van der Waals surface area (Å²) in [7, 11) is 0. The van der Waals surface area contributed by atoms with E-state index >= 15 is 0 Å². The molecule has 1 aromatic heterocycles. The molecule has 1 N–H and O–H groups in total. The van der Waals surface area contributed by atoms with Crippen molar-refractivity contribution in [3.63, 3.8) is 0 Å². The molecule has 4 rings (SSSR count). The van der Waals surface area contributed by atoms with Crippen LogP contribution in [0, 0.1) is 5.82 Å². The number of hydrogen-bond donors (Lipinski definition) is 1. The van der Waals surface area contributed by atoms with Crippen LogP contribution in [0.4, 0.5) is 10.1 Å². The van der Waals surface area contributed by atoms with Gasteiger partial charge in [-0.2, -0.15) is 0 Å². The van der Waals surface area contributed by atoms with Gasteiger partial charge < -0.3 is 19.4 Å². The summed E-state index contributed by atoms with van der Waals surface area (Å²) in [6.07, 6.45) is 1.51. The fourth-order valence-electron chi connectivity index (χ4n) is 3.03. The van der Waals surface area contributed by atoms with Gasteiger partial charge in [-0.15, -0.1) is 0 Å². The molecule has 0 saturated carbocycles. The first-order chi connectivity index (χ1) is 13.7. The van der Waals surface area contributed by atoms with E-state index < -0.39 is 0 Å². The highest BCUT2D eigenvalue weighted by molar-refractivity contribution is 5.94. The molecule has 1 amide bonds. The first-order valence-corrected chi connectivity index (χ1v) is 9.11. The minimum atomic E-state index is -0.348. The molecule has 28 heavy (non-hydrogen) atoms. The minimum Gasteiger partial charge on any atom is -0.439 e. The maximum Gasteiger partial charge on any atom is 0.254 e. The number of amides is 1. The molecular formula is C21H20FN3O3. The molecule has 0 bridgehead atoms. The molecule has 6 nitrogen and oxygen atoms in total. The largest absolute Gasteiger partial charge is 0.439 e. The molecule has 2 aromatic carbocycles. The zero-order valence-corrected chi connectivity index (χ0v) is 15.2. The normalized spacial score (nSPS) is 14.1. The van der Waals surface area contributed by atoms with Crippen molar-refractivity contribution in [2.45, 2.75) is 6.54 Å². The SMILES string of the molecule is O=C(c1ccc(NCc2ncc(-c3ccccc3F)o2)cc1)N1CCOCC1. The second kappa shape index (κ2) is 8.22. The molecule has 2 heterocycles. The fourth-order valence-corrected chi connectivity index (χ4v) is 3.03. The molecule has 0 spiro atoms. The van der Waals surface area contributed by atoms with Crippen LogP contribution in [0.2, 0.25) is 0 Å². The molecular weight excluding hydrogens is 361 g/mol. The van der Waals surface area contributed by atoms with Gasteiger partial charge in [-0.3, -0.25) is 4.79 Å². The van der Waals surface area contributed by atoms with E-state index in [9.17, 15) is 9.18 Å². The number of carbonyl (C=O) groups is 1. The standard InChI is InChI=1S/C21H20FN3O3/c22-18-4-2-1-3-17(18)19-13-24-20(28-19)14-23-16-7-5-15(6-8-16)21(26)25-9-11-27-12-10-25/h1-8,13,23H,9-12,14H2. The van der Waals surface area contributed by atoms with Crippen LogP contribution in [-0.2, 0) is 11.3 Å². The van der Waals surface area contributed by atoms with Gasteiger partial charge in [0.1, 0.15) is 5.82 Å². The van der Waals surface area contributed by atoms with Gasteiger partial charge in [0.05, 0.1) is 31.5 Å². The zero-order valence-electron chi connectivity index (χ0n) is 15.2. The summed E-state index contributed by atoms with van der Waals surface area (Å²) >= 11 is 0. The number of morpholine rings is 1. The van der Waals surface area contributed by atoms with Crippen LogP contribution in [-0.4, -0.2) is 42.1 Å². The van der Waals surface area contributed by atoms with Crippen molar-refractivity contribution >= 4 is 11.6 Å². The Morgan fingerprint density at radius 3 is 2.61 bits per heavy atom. The average molecular weight is 381 g/mol. The van der Waals surface area contributed by atoms with Crippen molar-refractivity contribution in [2.75, 3.05) is 31.6 Å². The van der Waals surface area contributed by atoms with Crippen LogP contribution in [0.25, 0.3) is 11.3 Å². The van der Waals surface area contributed by atoms with Gasteiger partial charge in [-0.1, -0.05) is 12.1 Å². The number of ether oxygens (including phenoxy) is 1. The number of nitrogens with one attached hydrogen (secondary N) is 1. The Morgan fingerprint density at radius 1 is 1.11 bits per heavy atom. The van der Waals surface area contributed by atoms with Crippen molar-refractivity contribution in [1.82, 2.24) is 9.88 Å². The number of oxazole rings is 1. The van der Waals surface area contributed by atoms with E-state index in [1.807, 2.05) is 12.1 Å². The van der Waals surface area contributed by atoms with Crippen molar-refractivity contribution < 1.29 is 18.3 Å². The topological polar surface area (TPSA) is 67.6 Å². The second-order valence-electron chi connectivity index (χ2n) is 6.43. The van der Waals surface area contributed by atoms with E-state index in [1.165, 1.54) is 12.3 Å². The highest BCUT2D eigenvalue weighted by Gasteiger charge is 2.18. The summed E-state index contributed by atoms with van der Waals surface area (Å²) < 4.78 is 24.7. The summed E-state index contributed by atoms with van der Waals surface area (Å²) in [4.78, 5) is 18.4. The molecule has 7 heteroatoms. The first kappa shape index (κ1) is 18.2. The molecule has 1 fully saturated rings. The third-order valence-corrected chi connectivity index (χ3v) is 4.57. The second-order valence-corrected chi connectivity index (χ2v) is 6.43. The number of halogens is 1. The molecule has 0 radical (unpaired) electrons. The van der Waals surface area contributed by atoms with Gasteiger partial charge >= 0.3 is 0 Å². The number of hydrogen-bond acceptors (Lipinski definition) is 5. The van der Waals surface area contributed by atoms with E-state index in [0.29, 0.717) is 55.6 Å². The van der Waals surface area contributed by atoms with Gasteiger partial charge in [0.2, 0.25) is 5.89 Å². The lowest BCUT2D eigenvalue weighted by molar-refractivity contribution is 0.0303. The smallest absolute Gasteiger partial charge is 0.254 e.